The molecule has 2 unspecified atom stereocenters. The summed E-state index contributed by atoms with van der Waals surface area (Å²) < 4.78 is 0. The molecule has 1 aromatic rings. The minimum atomic E-state index is -0.973. The number of hydrogen-bond donors (Lipinski definition) is 3. The van der Waals surface area contributed by atoms with Crippen LogP contribution < -0.4 is 4.90 Å². The van der Waals surface area contributed by atoms with Gasteiger partial charge in [-0.3, -0.25) is 0 Å². The second-order valence-corrected chi connectivity index (χ2v) is 4.46. The molecule has 0 saturated carbocycles. The van der Waals surface area contributed by atoms with Gasteiger partial charge < -0.3 is 20.2 Å². The maximum absolute atomic E-state index is 10.7. The summed E-state index contributed by atoms with van der Waals surface area (Å²) in [7, 11) is 0. The molecule has 0 amide bonds. The van der Waals surface area contributed by atoms with Crippen LogP contribution in [0.2, 0.25) is 0 Å². The predicted octanol–water partition coefficient (Wildman–Crippen LogP) is 0.953. The van der Waals surface area contributed by atoms with Crippen molar-refractivity contribution in [3.8, 4) is 0 Å². The average molecular weight is 253 g/mol. The monoisotopic (exact) mass is 253 g/mol. The van der Waals surface area contributed by atoms with Gasteiger partial charge in [-0.1, -0.05) is 0 Å². The van der Waals surface area contributed by atoms with Gasteiger partial charge in [-0.25, -0.2) is 4.79 Å². The van der Waals surface area contributed by atoms with Crippen LogP contribution >= 0.6 is 0 Å². The van der Waals surface area contributed by atoms with Crippen LogP contribution in [0, 0.1) is 0 Å². The number of aromatic carboxylic acids is 1. The molecular formula is C13H19NO4. The van der Waals surface area contributed by atoms with Crippen molar-refractivity contribution in [2.45, 2.75) is 26.1 Å². The standard InChI is InChI=1S/C13H19NO4/c1-9(15)7-14(8-10(2)16)12-5-3-11(4-6-12)13(17)18/h3-6,9-10,15-16H,7-8H2,1-2H3,(H,17,18). The Morgan fingerprint density at radius 1 is 1.11 bits per heavy atom. The molecule has 0 spiro atoms. The number of rotatable bonds is 6. The topological polar surface area (TPSA) is 81.0 Å². The molecular weight excluding hydrogens is 234 g/mol. The molecule has 100 valence electrons. The van der Waals surface area contributed by atoms with E-state index in [1.807, 2.05) is 4.90 Å². The van der Waals surface area contributed by atoms with Gasteiger partial charge >= 0.3 is 5.97 Å². The third-order valence-corrected chi connectivity index (χ3v) is 2.45. The van der Waals surface area contributed by atoms with Gasteiger partial charge in [-0.15, -0.1) is 0 Å². The van der Waals surface area contributed by atoms with E-state index in [2.05, 4.69) is 0 Å². The number of carboxylic acid groups (broad SMARTS) is 1. The summed E-state index contributed by atoms with van der Waals surface area (Å²) >= 11 is 0. The SMILES string of the molecule is CC(O)CN(CC(C)O)c1ccc(C(=O)O)cc1. The van der Waals surface area contributed by atoms with E-state index in [0.29, 0.717) is 13.1 Å². The lowest BCUT2D eigenvalue weighted by Gasteiger charge is -2.27. The first kappa shape index (κ1) is 14.5. The zero-order chi connectivity index (χ0) is 13.7. The van der Waals surface area contributed by atoms with Gasteiger partial charge in [-0.05, 0) is 38.1 Å². The Kier molecular flexibility index (Phi) is 5.12. The van der Waals surface area contributed by atoms with Crippen LogP contribution in [0.1, 0.15) is 24.2 Å². The Balaban J connectivity index is 2.87. The Morgan fingerprint density at radius 3 is 1.89 bits per heavy atom. The van der Waals surface area contributed by atoms with Crippen molar-refractivity contribution in [2.24, 2.45) is 0 Å². The van der Waals surface area contributed by atoms with Gasteiger partial charge in [0.1, 0.15) is 0 Å². The molecule has 1 rings (SSSR count). The fourth-order valence-corrected chi connectivity index (χ4v) is 1.74. The molecule has 18 heavy (non-hydrogen) atoms. The number of anilines is 1. The molecule has 0 aliphatic heterocycles. The number of hydrogen-bond acceptors (Lipinski definition) is 4. The van der Waals surface area contributed by atoms with Crippen LogP contribution in [-0.2, 0) is 0 Å². The Morgan fingerprint density at radius 2 is 1.56 bits per heavy atom. The Hall–Kier alpha value is -1.59. The molecule has 0 radical (unpaired) electrons. The fourth-order valence-electron chi connectivity index (χ4n) is 1.74. The first-order valence-electron chi connectivity index (χ1n) is 5.84. The van der Waals surface area contributed by atoms with Gasteiger partial charge in [0.15, 0.2) is 0 Å². The van der Waals surface area contributed by atoms with E-state index in [0.717, 1.165) is 5.69 Å². The normalized spacial score (nSPS) is 14.0. The third-order valence-electron chi connectivity index (χ3n) is 2.45. The first-order valence-corrected chi connectivity index (χ1v) is 5.84. The molecule has 0 heterocycles. The van der Waals surface area contributed by atoms with Crippen molar-refractivity contribution in [3.63, 3.8) is 0 Å². The van der Waals surface area contributed by atoms with Gasteiger partial charge in [0.2, 0.25) is 0 Å². The second-order valence-electron chi connectivity index (χ2n) is 4.46. The zero-order valence-corrected chi connectivity index (χ0v) is 10.6. The highest BCUT2D eigenvalue weighted by Gasteiger charge is 2.12. The number of nitrogens with zero attached hydrogens (tertiary/aromatic N) is 1. The summed E-state index contributed by atoms with van der Waals surface area (Å²) in [5.74, 6) is -0.973. The van der Waals surface area contributed by atoms with Gasteiger partial charge in [0.25, 0.3) is 0 Å². The van der Waals surface area contributed by atoms with Gasteiger partial charge in [0.05, 0.1) is 17.8 Å². The summed E-state index contributed by atoms with van der Waals surface area (Å²) in [6.45, 7) is 4.11. The lowest BCUT2D eigenvalue weighted by Crippen LogP contribution is -2.36. The largest absolute Gasteiger partial charge is 0.478 e. The lowest BCUT2D eigenvalue weighted by atomic mass is 10.2. The molecule has 3 N–H and O–H groups in total. The van der Waals surface area contributed by atoms with Crippen LogP contribution in [0.15, 0.2) is 24.3 Å². The van der Waals surface area contributed by atoms with Crippen LogP contribution in [0.5, 0.6) is 0 Å². The summed E-state index contributed by atoms with van der Waals surface area (Å²) in [6.07, 6.45) is -1.05. The first-order chi connectivity index (χ1) is 8.40. The molecule has 0 saturated heterocycles. The molecule has 1 aromatic carbocycles. The van der Waals surface area contributed by atoms with E-state index in [9.17, 15) is 15.0 Å². The highest BCUT2D eigenvalue weighted by Crippen LogP contribution is 2.16. The molecule has 0 fully saturated rings. The molecule has 0 aromatic heterocycles. The summed E-state index contributed by atoms with van der Waals surface area (Å²) in [6, 6.07) is 6.37. The van der Waals surface area contributed by atoms with Gasteiger partial charge in [-0.2, -0.15) is 0 Å². The highest BCUT2D eigenvalue weighted by molar-refractivity contribution is 5.88. The Bertz CT molecular complexity index is 376. The molecule has 2 atom stereocenters. The van der Waals surface area contributed by atoms with Crippen molar-refractivity contribution in [1.82, 2.24) is 0 Å². The zero-order valence-electron chi connectivity index (χ0n) is 10.6. The average Bonchev–Trinajstić information content (AvgIpc) is 2.27. The smallest absolute Gasteiger partial charge is 0.335 e. The maximum Gasteiger partial charge on any atom is 0.335 e. The minimum Gasteiger partial charge on any atom is -0.478 e. The maximum atomic E-state index is 10.7. The molecule has 0 aliphatic rings. The van der Waals surface area contributed by atoms with Crippen LogP contribution in [-0.4, -0.2) is 46.6 Å². The molecule has 5 heteroatoms. The quantitative estimate of drug-likeness (QED) is 0.703. The van der Waals surface area contributed by atoms with Crippen LogP contribution in [0.25, 0.3) is 0 Å². The molecule has 0 bridgehead atoms. The number of carbonyl (C=O) groups is 1. The van der Waals surface area contributed by atoms with Crippen molar-refractivity contribution in [3.05, 3.63) is 29.8 Å². The summed E-state index contributed by atoms with van der Waals surface area (Å²) in [5.41, 5.74) is 0.995. The molecule has 5 nitrogen and oxygen atoms in total. The second kappa shape index (κ2) is 6.37. The third kappa shape index (κ3) is 4.35. The van der Waals surface area contributed by atoms with Crippen molar-refractivity contribution in [1.29, 1.82) is 0 Å². The van der Waals surface area contributed by atoms with Crippen molar-refractivity contribution < 1.29 is 20.1 Å². The predicted molar refractivity (Wildman–Crippen MR) is 69.0 cm³/mol. The number of aliphatic hydroxyl groups is 2. The number of benzene rings is 1. The number of aliphatic hydroxyl groups excluding tert-OH is 2. The van der Waals surface area contributed by atoms with E-state index in [4.69, 9.17) is 5.11 Å². The minimum absolute atomic E-state index is 0.216. The van der Waals surface area contributed by atoms with Crippen molar-refractivity contribution >= 4 is 11.7 Å². The van der Waals surface area contributed by atoms with E-state index < -0.39 is 18.2 Å². The Labute approximate surface area is 106 Å². The number of carboxylic acids is 1. The van der Waals surface area contributed by atoms with Crippen LogP contribution in [0.4, 0.5) is 5.69 Å². The fraction of sp³-hybridized carbons (Fsp3) is 0.462. The van der Waals surface area contributed by atoms with Crippen molar-refractivity contribution in [2.75, 3.05) is 18.0 Å². The summed E-state index contributed by atoms with van der Waals surface area (Å²) in [5, 5.41) is 27.7. The molecule has 0 aliphatic carbocycles. The van der Waals surface area contributed by atoms with E-state index >= 15 is 0 Å². The lowest BCUT2D eigenvalue weighted by molar-refractivity contribution is 0.0697. The van der Waals surface area contributed by atoms with E-state index in [1.54, 1.807) is 26.0 Å². The van der Waals surface area contributed by atoms with E-state index in [1.165, 1.54) is 12.1 Å². The highest BCUT2D eigenvalue weighted by atomic mass is 16.4. The summed E-state index contributed by atoms with van der Waals surface area (Å²) in [4.78, 5) is 12.6. The van der Waals surface area contributed by atoms with Crippen LogP contribution in [0.3, 0.4) is 0 Å². The van der Waals surface area contributed by atoms with E-state index in [-0.39, 0.29) is 5.56 Å². The van der Waals surface area contributed by atoms with Gasteiger partial charge in [0, 0.05) is 18.8 Å².